The third-order valence-electron chi connectivity index (χ3n) is 3.65. The first-order valence-corrected chi connectivity index (χ1v) is 7.90. The van der Waals surface area contributed by atoms with Crippen molar-refractivity contribution in [2.75, 3.05) is 5.32 Å². The number of amides is 2. The number of carbonyl (C=O) groups excluding carboxylic acids is 2. The first-order valence-electron chi connectivity index (χ1n) is 7.90. The molecule has 8 heteroatoms. The van der Waals surface area contributed by atoms with Crippen LogP contribution in [0.5, 0.6) is 0 Å². The Balaban J connectivity index is 2.14. The highest BCUT2D eigenvalue weighted by atomic mass is 16.2. The van der Waals surface area contributed by atoms with Gasteiger partial charge in [0.1, 0.15) is 6.54 Å². The summed E-state index contributed by atoms with van der Waals surface area (Å²) in [5, 5.41) is 5.46. The molecule has 2 amide bonds. The number of carbonyl (C=O) groups is 2. The van der Waals surface area contributed by atoms with Crippen molar-refractivity contribution >= 4 is 17.5 Å². The third-order valence-corrected chi connectivity index (χ3v) is 3.65. The lowest BCUT2D eigenvalue weighted by Gasteiger charge is -2.14. The monoisotopic (exact) mass is 344 g/mol. The van der Waals surface area contributed by atoms with Gasteiger partial charge in [0.25, 0.3) is 11.5 Å². The van der Waals surface area contributed by atoms with E-state index < -0.39 is 17.2 Å². The van der Waals surface area contributed by atoms with E-state index in [1.807, 2.05) is 13.8 Å². The molecular weight excluding hydrogens is 324 g/mol. The highest BCUT2D eigenvalue weighted by Crippen LogP contribution is 2.15. The van der Waals surface area contributed by atoms with E-state index in [9.17, 15) is 19.2 Å². The zero-order valence-electron chi connectivity index (χ0n) is 14.0. The predicted octanol–water partition coefficient (Wildman–Crippen LogP) is 0.704. The number of aromatic nitrogens is 2. The molecule has 0 aliphatic carbocycles. The Kier molecular flexibility index (Phi) is 5.89. The van der Waals surface area contributed by atoms with Crippen LogP contribution in [0.25, 0.3) is 0 Å². The molecule has 1 atom stereocenters. The van der Waals surface area contributed by atoms with Crippen molar-refractivity contribution in [2.45, 2.75) is 32.9 Å². The van der Waals surface area contributed by atoms with Gasteiger partial charge in [0, 0.05) is 18.3 Å². The minimum Gasteiger partial charge on any atom is -0.350 e. The Morgan fingerprint density at radius 3 is 2.60 bits per heavy atom. The number of hydrogen-bond acceptors (Lipinski definition) is 4. The van der Waals surface area contributed by atoms with Gasteiger partial charge >= 0.3 is 5.69 Å². The topological polar surface area (TPSA) is 113 Å². The van der Waals surface area contributed by atoms with E-state index in [1.165, 1.54) is 6.20 Å². The summed E-state index contributed by atoms with van der Waals surface area (Å²) in [7, 11) is 0. The zero-order chi connectivity index (χ0) is 18.4. The van der Waals surface area contributed by atoms with Gasteiger partial charge < -0.3 is 10.6 Å². The van der Waals surface area contributed by atoms with Gasteiger partial charge in [0.15, 0.2) is 0 Å². The Labute approximate surface area is 143 Å². The van der Waals surface area contributed by atoms with Crippen LogP contribution in [0.2, 0.25) is 0 Å². The Morgan fingerprint density at radius 1 is 1.20 bits per heavy atom. The summed E-state index contributed by atoms with van der Waals surface area (Å²) in [6, 6.07) is 7.78. The molecule has 3 N–H and O–H groups in total. The van der Waals surface area contributed by atoms with Crippen LogP contribution in [-0.2, 0) is 11.3 Å². The number of aromatic amines is 1. The maximum atomic E-state index is 12.3. The standard InChI is InChI=1S/C17H20N4O4/c1-3-11(2)18-16(24)12-6-4-5-7-13(12)19-15(23)10-21-9-8-14(22)20-17(21)25/h4-9,11H,3,10H2,1-2H3,(H,18,24)(H,19,23)(H,20,22,25)/t11-/m1/s1. The van der Waals surface area contributed by atoms with Gasteiger partial charge in [0.2, 0.25) is 5.91 Å². The van der Waals surface area contributed by atoms with Crippen molar-refractivity contribution in [3.63, 3.8) is 0 Å². The second-order valence-electron chi connectivity index (χ2n) is 5.61. The number of anilines is 1. The van der Waals surface area contributed by atoms with E-state index in [4.69, 9.17) is 0 Å². The van der Waals surface area contributed by atoms with Gasteiger partial charge in [-0.2, -0.15) is 0 Å². The average Bonchev–Trinajstić information content (AvgIpc) is 2.57. The molecule has 132 valence electrons. The smallest absolute Gasteiger partial charge is 0.328 e. The molecule has 1 heterocycles. The molecule has 0 fully saturated rings. The minimum atomic E-state index is -0.676. The van der Waals surface area contributed by atoms with Crippen LogP contribution in [0.3, 0.4) is 0 Å². The van der Waals surface area contributed by atoms with Crippen molar-refractivity contribution in [3.05, 3.63) is 62.9 Å². The molecule has 0 unspecified atom stereocenters. The van der Waals surface area contributed by atoms with Crippen LogP contribution in [0.4, 0.5) is 5.69 Å². The third kappa shape index (κ3) is 4.90. The molecule has 2 aromatic rings. The molecule has 8 nitrogen and oxygen atoms in total. The summed E-state index contributed by atoms with van der Waals surface area (Å²) in [5.41, 5.74) is -0.519. The molecule has 0 aliphatic rings. The molecule has 0 bridgehead atoms. The number of nitrogens with one attached hydrogen (secondary N) is 3. The molecule has 25 heavy (non-hydrogen) atoms. The Bertz CT molecular complexity index is 884. The first-order chi connectivity index (χ1) is 11.9. The van der Waals surface area contributed by atoms with Gasteiger partial charge in [-0.1, -0.05) is 19.1 Å². The number of H-pyrrole nitrogens is 1. The molecule has 0 aliphatic heterocycles. The second kappa shape index (κ2) is 8.09. The molecule has 1 aromatic heterocycles. The average molecular weight is 344 g/mol. The van der Waals surface area contributed by atoms with Crippen molar-refractivity contribution < 1.29 is 9.59 Å². The lowest BCUT2D eigenvalue weighted by Crippen LogP contribution is -2.34. The Morgan fingerprint density at radius 2 is 1.92 bits per heavy atom. The fourth-order valence-corrected chi connectivity index (χ4v) is 2.11. The normalized spacial score (nSPS) is 11.6. The summed E-state index contributed by atoms with van der Waals surface area (Å²) in [4.78, 5) is 49.2. The highest BCUT2D eigenvalue weighted by molar-refractivity contribution is 6.03. The SMILES string of the molecule is CC[C@@H](C)NC(=O)c1ccccc1NC(=O)Cn1ccc(=O)[nH]c1=O. The van der Waals surface area contributed by atoms with E-state index >= 15 is 0 Å². The Hall–Kier alpha value is -3.16. The number of rotatable bonds is 6. The molecule has 0 spiro atoms. The van der Waals surface area contributed by atoms with Crippen molar-refractivity contribution in [2.24, 2.45) is 0 Å². The number of para-hydroxylation sites is 1. The van der Waals surface area contributed by atoms with Crippen LogP contribution in [0.15, 0.2) is 46.1 Å². The minimum absolute atomic E-state index is 0.0102. The summed E-state index contributed by atoms with van der Waals surface area (Å²) < 4.78 is 1.07. The van der Waals surface area contributed by atoms with Gasteiger partial charge in [-0.15, -0.1) is 0 Å². The van der Waals surface area contributed by atoms with Crippen molar-refractivity contribution in [1.29, 1.82) is 0 Å². The maximum absolute atomic E-state index is 12.3. The zero-order valence-corrected chi connectivity index (χ0v) is 14.0. The van der Waals surface area contributed by atoms with Crippen LogP contribution in [0.1, 0.15) is 30.6 Å². The lowest BCUT2D eigenvalue weighted by atomic mass is 10.1. The summed E-state index contributed by atoms with van der Waals surface area (Å²) in [6.07, 6.45) is 2.03. The van der Waals surface area contributed by atoms with E-state index in [1.54, 1.807) is 24.3 Å². The van der Waals surface area contributed by atoms with Crippen LogP contribution in [0, 0.1) is 0 Å². The second-order valence-corrected chi connectivity index (χ2v) is 5.61. The predicted molar refractivity (Wildman–Crippen MR) is 93.6 cm³/mol. The van der Waals surface area contributed by atoms with E-state index in [2.05, 4.69) is 15.6 Å². The fourth-order valence-electron chi connectivity index (χ4n) is 2.11. The van der Waals surface area contributed by atoms with Crippen LogP contribution < -0.4 is 21.9 Å². The molecular formula is C17H20N4O4. The van der Waals surface area contributed by atoms with E-state index in [0.29, 0.717) is 11.3 Å². The fraction of sp³-hybridized carbons (Fsp3) is 0.294. The summed E-state index contributed by atoms with van der Waals surface area (Å²) in [5.74, 6) is -0.774. The van der Waals surface area contributed by atoms with E-state index in [0.717, 1.165) is 17.1 Å². The molecule has 1 aromatic carbocycles. The van der Waals surface area contributed by atoms with Crippen LogP contribution in [-0.4, -0.2) is 27.4 Å². The quantitative estimate of drug-likeness (QED) is 0.716. The molecule has 0 saturated heterocycles. The highest BCUT2D eigenvalue weighted by Gasteiger charge is 2.15. The lowest BCUT2D eigenvalue weighted by molar-refractivity contribution is -0.116. The molecule has 2 rings (SSSR count). The molecule has 0 saturated carbocycles. The number of hydrogen-bond donors (Lipinski definition) is 3. The number of nitrogens with zero attached hydrogens (tertiary/aromatic N) is 1. The molecule has 0 radical (unpaired) electrons. The van der Waals surface area contributed by atoms with Gasteiger partial charge in [0.05, 0.1) is 11.3 Å². The van der Waals surface area contributed by atoms with Gasteiger partial charge in [-0.25, -0.2) is 4.79 Å². The summed E-state index contributed by atoms with van der Waals surface area (Å²) in [6.45, 7) is 3.57. The van der Waals surface area contributed by atoms with Crippen molar-refractivity contribution in [1.82, 2.24) is 14.9 Å². The number of benzene rings is 1. The van der Waals surface area contributed by atoms with Gasteiger partial charge in [-0.3, -0.25) is 23.9 Å². The van der Waals surface area contributed by atoms with E-state index in [-0.39, 0.29) is 18.5 Å². The summed E-state index contributed by atoms with van der Waals surface area (Å²) >= 11 is 0. The largest absolute Gasteiger partial charge is 0.350 e. The van der Waals surface area contributed by atoms with Crippen LogP contribution >= 0.6 is 0 Å². The maximum Gasteiger partial charge on any atom is 0.328 e. The van der Waals surface area contributed by atoms with Crippen molar-refractivity contribution in [3.8, 4) is 0 Å². The first kappa shape index (κ1) is 18.2. The van der Waals surface area contributed by atoms with Gasteiger partial charge in [-0.05, 0) is 25.5 Å².